The lowest BCUT2D eigenvalue weighted by Crippen LogP contribution is -2.11. The topological polar surface area (TPSA) is 0 Å². The van der Waals surface area contributed by atoms with Crippen molar-refractivity contribution in [3.63, 3.8) is 0 Å². The van der Waals surface area contributed by atoms with Crippen LogP contribution in [0.25, 0.3) is 0 Å². The van der Waals surface area contributed by atoms with Crippen molar-refractivity contribution < 1.29 is 0 Å². The molecule has 0 aromatic rings. The number of unbranched alkanes of at least 4 members (excludes halogenated alkanes) is 2. The van der Waals surface area contributed by atoms with E-state index >= 15 is 0 Å². The fraction of sp³-hybridized carbons (Fsp3) is 0.846. The highest BCUT2D eigenvalue weighted by atomic mass is 14.2. The fourth-order valence-corrected chi connectivity index (χ4v) is 1.78. The van der Waals surface area contributed by atoms with Gasteiger partial charge in [-0.05, 0) is 18.8 Å². The molecule has 0 amide bonds. The third kappa shape index (κ3) is 6.12. The summed E-state index contributed by atoms with van der Waals surface area (Å²) in [6.07, 6.45) is 8.96. The van der Waals surface area contributed by atoms with Crippen LogP contribution in [0, 0.1) is 25.7 Å². The number of rotatable bonds is 8. The van der Waals surface area contributed by atoms with Crippen LogP contribution in [-0.4, -0.2) is 0 Å². The van der Waals surface area contributed by atoms with Gasteiger partial charge in [-0.25, -0.2) is 0 Å². The monoisotopic (exact) mass is 182 g/mol. The van der Waals surface area contributed by atoms with Crippen LogP contribution in [0.2, 0.25) is 0 Å². The molecule has 0 aliphatic rings. The average Bonchev–Trinajstić information content (AvgIpc) is 2.16. The van der Waals surface area contributed by atoms with E-state index in [1.165, 1.54) is 38.5 Å². The Morgan fingerprint density at radius 2 is 1.54 bits per heavy atom. The summed E-state index contributed by atoms with van der Waals surface area (Å²) in [4.78, 5) is 0. The SMILES string of the molecule is [CH2]CC(CCCC)C([CH2])CCCC. The Hall–Kier alpha value is 0. The molecular weight excluding hydrogens is 156 g/mol. The Labute approximate surface area is 85.1 Å². The number of hydrogen-bond acceptors (Lipinski definition) is 0. The molecule has 0 rings (SSSR count). The van der Waals surface area contributed by atoms with E-state index < -0.39 is 0 Å². The Bertz CT molecular complexity index is 96.2. The molecule has 2 atom stereocenters. The molecule has 0 aromatic heterocycles. The van der Waals surface area contributed by atoms with Gasteiger partial charge in [-0.3, -0.25) is 0 Å². The van der Waals surface area contributed by atoms with Crippen LogP contribution in [0.4, 0.5) is 0 Å². The molecular formula is C13H26. The Morgan fingerprint density at radius 3 is 2.00 bits per heavy atom. The van der Waals surface area contributed by atoms with Crippen LogP contribution < -0.4 is 0 Å². The molecule has 0 N–H and O–H groups in total. The second-order valence-electron chi connectivity index (χ2n) is 4.09. The molecule has 0 aromatic carbocycles. The Balaban J connectivity index is 3.63. The molecule has 0 spiro atoms. The molecule has 0 heterocycles. The third-order valence-corrected chi connectivity index (χ3v) is 2.89. The summed E-state index contributed by atoms with van der Waals surface area (Å²) in [5.41, 5.74) is 0. The molecule has 2 unspecified atom stereocenters. The maximum atomic E-state index is 4.26. The van der Waals surface area contributed by atoms with Gasteiger partial charge in [0.2, 0.25) is 0 Å². The predicted octanol–water partition coefficient (Wildman–Crippen LogP) is 4.66. The standard InChI is InChI=1S/C13H26/c1-5-8-10-12(4)13(7-3)11-9-6-2/h12-13H,3-11H2,1-2H3. The molecule has 0 aliphatic heterocycles. The molecule has 0 saturated carbocycles. The molecule has 0 heteroatoms. The van der Waals surface area contributed by atoms with E-state index in [9.17, 15) is 0 Å². The summed E-state index contributed by atoms with van der Waals surface area (Å²) in [7, 11) is 0. The van der Waals surface area contributed by atoms with Crippen LogP contribution in [-0.2, 0) is 0 Å². The first-order chi connectivity index (χ1) is 6.26. The largest absolute Gasteiger partial charge is 0.0654 e. The van der Waals surface area contributed by atoms with Gasteiger partial charge in [0.25, 0.3) is 0 Å². The zero-order valence-corrected chi connectivity index (χ0v) is 9.52. The second-order valence-corrected chi connectivity index (χ2v) is 4.09. The van der Waals surface area contributed by atoms with Crippen LogP contribution in [0.5, 0.6) is 0 Å². The van der Waals surface area contributed by atoms with Crippen LogP contribution in [0.1, 0.15) is 58.8 Å². The number of hydrogen-bond donors (Lipinski definition) is 0. The Kier molecular flexibility index (Phi) is 8.59. The maximum absolute atomic E-state index is 4.26. The maximum Gasteiger partial charge on any atom is -0.0386 e. The minimum absolute atomic E-state index is 0.643. The minimum atomic E-state index is 0.643. The first-order valence-electron chi connectivity index (χ1n) is 5.88. The second kappa shape index (κ2) is 8.59. The molecule has 13 heavy (non-hydrogen) atoms. The molecule has 2 radical (unpaired) electrons. The highest BCUT2D eigenvalue weighted by Crippen LogP contribution is 2.25. The normalized spacial score (nSPS) is 15.7. The third-order valence-electron chi connectivity index (χ3n) is 2.89. The molecule has 0 bridgehead atoms. The van der Waals surface area contributed by atoms with Crippen LogP contribution >= 0.6 is 0 Å². The van der Waals surface area contributed by atoms with Gasteiger partial charge in [0, 0.05) is 0 Å². The highest BCUT2D eigenvalue weighted by molar-refractivity contribution is 4.73. The summed E-state index contributed by atoms with van der Waals surface area (Å²) in [6.45, 7) is 12.8. The molecule has 0 saturated heterocycles. The minimum Gasteiger partial charge on any atom is -0.0654 e. The van der Waals surface area contributed by atoms with Crippen molar-refractivity contribution in [2.75, 3.05) is 0 Å². The lowest BCUT2D eigenvalue weighted by atomic mass is 9.84. The molecule has 0 aliphatic carbocycles. The Morgan fingerprint density at radius 1 is 1.00 bits per heavy atom. The van der Waals surface area contributed by atoms with E-state index in [1.54, 1.807) is 0 Å². The summed E-state index contributed by atoms with van der Waals surface area (Å²) < 4.78 is 0. The van der Waals surface area contributed by atoms with Crippen molar-refractivity contribution >= 4 is 0 Å². The van der Waals surface area contributed by atoms with Gasteiger partial charge >= 0.3 is 0 Å². The van der Waals surface area contributed by atoms with Crippen molar-refractivity contribution in [2.24, 2.45) is 11.8 Å². The smallest absolute Gasteiger partial charge is 0.0386 e. The summed E-state index contributed by atoms with van der Waals surface area (Å²) >= 11 is 0. The van der Waals surface area contributed by atoms with Crippen LogP contribution in [0.3, 0.4) is 0 Å². The molecule has 0 nitrogen and oxygen atoms in total. The van der Waals surface area contributed by atoms with Gasteiger partial charge in [-0.15, -0.1) is 0 Å². The summed E-state index contributed by atoms with van der Waals surface area (Å²) in [5, 5.41) is 0. The van der Waals surface area contributed by atoms with E-state index in [0.29, 0.717) is 5.92 Å². The highest BCUT2D eigenvalue weighted by Gasteiger charge is 2.13. The van der Waals surface area contributed by atoms with E-state index in [1.807, 2.05) is 0 Å². The van der Waals surface area contributed by atoms with E-state index in [0.717, 1.165) is 12.3 Å². The van der Waals surface area contributed by atoms with Gasteiger partial charge in [-0.2, -0.15) is 0 Å². The van der Waals surface area contributed by atoms with E-state index in [-0.39, 0.29) is 0 Å². The summed E-state index contributed by atoms with van der Waals surface area (Å²) in [5.74, 6) is 1.41. The van der Waals surface area contributed by atoms with Crippen LogP contribution in [0.15, 0.2) is 0 Å². The van der Waals surface area contributed by atoms with Gasteiger partial charge in [-0.1, -0.05) is 65.7 Å². The fourth-order valence-electron chi connectivity index (χ4n) is 1.78. The van der Waals surface area contributed by atoms with Gasteiger partial charge < -0.3 is 0 Å². The first kappa shape index (κ1) is 13.0. The van der Waals surface area contributed by atoms with Gasteiger partial charge in [0.1, 0.15) is 0 Å². The zero-order chi connectivity index (χ0) is 10.1. The predicted molar refractivity (Wildman–Crippen MR) is 61.4 cm³/mol. The quantitative estimate of drug-likeness (QED) is 0.512. The average molecular weight is 182 g/mol. The van der Waals surface area contributed by atoms with Crippen molar-refractivity contribution in [3.8, 4) is 0 Å². The first-order valence-corrected chi connectivity index (χ1v) is 5.88. The van der Waals surface area contributed by atoms with E-state index in [4.69, 9.17) is 0 Å². The van der Waals surface area contributed by atoms with Crippen molar-refractivity contribution in [1.82, 2.24) is 0 Å². The van der Waals surface area contributed by atoms with Gasteiger partial charge in [0.15, 0.2) is 0 Å². The molecule has 78 valence electrons. The molecule has 0 fully saturated rings. The summed E-state index contributed by atoms with van der Waals surface area (Å²) in [6, 6.07) is 0. The lowest BCUT2D eigenvalue weighted by molar-refractivity contribution is 0.334. The zero-order valence-electron chi connectivity index (χ0n) is 9.52. The van der Waals surface area contributed by atoms with Gasteiger partial charge in [0.05, 0.1) is 0 Å². The van der Waals surface area contributed by atoms with E-state index in [2.05, 4.69) is 27.7 Å². The van der Waals surface area contributed by atoms with Crippen molar-refractivity contribution in [1.29, 1.82) is 0 Å². The van der Waals surface area contributed by atoms with Crippen molar-refractivity contribution in [2.45, 2.75) is 58.8 Å². The lowest BCUT2D eigenvalue weighted by Gasteiger charge is -2.22. The van der Waals surface area contributed by atoms with Crippen molar-refractivity contribution in [3.05, 3.63) is 13.8 Å².